The van der Waals surface area contributed by atoms with Crippen LogP contribution in [0.15, 0.2) is 36.4 Å². The molecule has 1 atom stereocenters. The first-order valence-electron chi connectivity index (χ1n) is 8.26. The van der Waals surface area contributed by atoms with Crippen LogP contribution in [0.4, 0.5) is 13.2 Å². The Hall–Kier alpha value is -2.05. The van der Waals surface area contributed by atoms with E-state index in [1.165, 1.54) is 6.07 Å². The summed E-state index contributed by atoms with van der Waals surface area (Å²) in [6, 6.07) is 9.82. The zero-order valence-electron chi connectivity index (χ0n) is 14.3. The van der Waals surface area contributed by atoms with E-state index in [1.807, 2.05) is 35.8 Å². The fraction of sp³-hybridized carbons (Fsp3) is 0.316. The molecule has 1 N–H and O–H groups in total. The van der Waals surface area contributed by atoms with Crippen molar-refractivity contribution in [3.8, 4) is 5.69 Å². The van der Waals surface area contributed by atoms with E-state index in [0.29, 0.717) is 24.2 Å². The number of hydrogen-bond acceptors (Lipinski definition) is 2. The van der Waals surface area contributed by atoms with Crippen LogP contribution in [0.5, 0.6) is 0 Å². The predicted octanol–water partition coefficient (Wildman–Crippen LogP) is 5.18. The normalized spacial score (nSPS) is 13.3. The van der Waals surface area contributed by atoms with Crippen LogP contribution in [-0.2, 0) is 19.0 Å². The number of aliphatic hydroxyl groups excluding tert-OH is 1. The fourth-order valence-corrected chi connectivity index (χ4v) is 3.28. The van der Waals surface area contributed by atoms with E-state index in [2.05, 4.69) is 4.98 Å². The SMILES string of the molecule is CCc1nc2cc(C(F)(F)F)c(Cl)cc2n1-c1ccc(CC(C)O)cc1. The molecule has 7 heteroatoms. The highest BCUT2D eigenvalue weighted by molar-refractivity contribution is 6.32. The molecular weight excluding hydrogens is 365 g/mol. The number of aromatic nitrogens is 2. The Balaban J connectivity index is 2.14. The lowest BCUT2D eigenvalue weighted by molar-refractivity contribution is -0.137. The summed E-state index contributed by atoms with van der Waals surface area (Å²) in [6.45, 7) is 3.61. The summed E-state index contributed by atoms with van der Waals surface area (Å²) in [5.74, 6) is 0.652. The number of aryl methyl sites for hydroxylation is 1. The molecule has 0 radical (unpaired) electrons. The summed E-state index contributed by atoms with van der Waals surface area (Å²) in [5.41, 5.74) is 1.67. The third-order valence-corrected chi connectivity index (χ3v) is 4.47. The van der Waals surface area contributed by atoms with Crippen LogP contribution in [0.1, 0.15) is 30.8 Å². The zero-order valence-corrected chi connectivity index (χ0v) is 15.1. The van der Waals surface area contributed by atoms with E-state index in [9.17, 15) is 18.3 Å². The van der Waals surface area contributed by atoms with Crippen LogP contribution in [0, 0.1) is 0 Å². The van der Waals surface area contributed by atoms with Crippen molar-refractivity contribution in [2.75, 3.05) is 0 Å². The van der Waals surface area contributed by atoms with Crippen molar-refractivity contribution in [2.24, 2.45) is 0 Å². The third kappa shape index (κ3) is 3.57. The number of imidazole rings is 1. The van der Waals surface area contributed by atoms with Crippen molar-refractivity contribution in [3.63, 3.8) is 0 Å². The number of halogens is 4. The molecule has 0 bridgehead atoms. The molecule has 1 unspecified atom stereocenters. The van der Waals surface area contributed by atoms with Gasteiger partial charge in [0, 0.05) is 12.1 Å². The molecular formula is C19H18ClF3N2O. The van der Waals surface area contributed by atoms with Gasteiger partial charge in [0.2, 0.25) is 0 Å². The Bertz CT molecular complexity index is 931. The molecule has 0 amide bonds. The van der Waals surface area contributed by atoms with Crippen molar-refractivity contribution < 1.29 is 18.3 Å². The van der Waals surface area contributed by atoms with Gasteiger partial charge in [-0.05, 0) is 43.2 Å². The molecule has 1 aromatic heterocycles. The van der Waals surface area contributed by atoms with E-state index in [4.69, 9.17) is 11.6 Å². The van der Waals surface area contributed by atoms with Crippen LogP contribution in [-0.4, -0.2) is 20.8 Å². The molecule has 0 saturated heterocycles. The molecule has 0 aliphatic heterocycles. The molecule has 0 aliphatic carbocycles. The van der Waals surface area contributed by atoms with E-state index in [-0.39, 0.29) is 10.5 Å². The Kier molecular flexibility index (Phi) is 4.99. The lowest BCUT2D eigenvalue weighted by Crippen LogP contribution is -2.06. The Morgan fingerprint density at radius 1 is 1.19 bits per heavy atom. The maximum absolute atomic E-state index is 13.1. The lowest BCUT2D eigenvalue weighted by Gasteiger charge is -2.12. The van der Waals surface area contributed by atoms with E-state index in [1.54, 1.807) is 6.92 Å². The molecule has 2 aromatic carbocycles. The summed E-state index contributed by atoms with van der Waals surface area (Å²) < 4.78 is 41.1. The number of benzene rings is 2. The second-order valence-corrected chi connectivity index (χ2v) is 6.66. The van der Waals surface area contributed by atoms with Crippen molar-refractivity contribution in [1.29, 1.82) is 0 Å². The van der Waals surface area contributed by atoms with Gasteiger partial charge in [0.05, 0.1) is 27.7 Å². The minimum absolute atomic E-state index is 0.256. The van der Waals surface area contributed by atoms with Gasteiger partial charge in [-0.3, -0.25) is 4.57 Å². The van der Waals surface area contributed by atoms with Gasteiger partial charge in [-0.2, -0.15) is 13.2 Å². The molecule has 3 rings (SSSR count). The fourth-order valence-electron chi connectivity index (χ4n) is 3.01. The molecule has 1 heterocycles. The monoisotopic (exact) mass is 382 g/mol. The highest BCUT2D eigenvalue weighted by Crippen LogP contribution is 2.37. The van der Waals surface area contributed by atoms with Gasteiger partial charge >= 0.3 is 6.18 Å². The molecule has 0 fully saturated rings. The Morgan fingerprint density at radius 2 is 1.85 bits per heavy atom. The topological polar surface area (TPSA) is 38.0 Å². The Morgan fingerprint density at radius 3 is 2.38 bits per heavy atom. The predicted molar refractivity (Wildman–Crippen MR) is 95.8 cm³/mol. The number of hydrogen-bond donors (Lipinski definition) is 1. The van der Waals surface area contributed by atoms with Gasteiger partial charge in [0.1, 0.15) is 5.82 Å². The van der Waals surface area contributed by atoms with E-state index < -0.39 is 17.8 Å². The van der Waals surface area contributed by atoms with Gasteiger partial charge in [0.15, 0.2) is 0 Å². The average Bonchev–Trinajstić information content (AvgIpc) is 2.91. The lowest BCUT2D eigenvalue weighted by atomic mass is 10.1. The van der Waals surface area contributed by atoms with Gasteiger partial charge in [0.25, 0.3) is 0 Å². The molecule has 3 nitrogen and oxygen atoms in total. The largest absolute Gasteiger partial charge is 0.417 e. The van der Waals surface area contributed by atoms with Crippen molar-refractivity contribution in [1.82, 2.24) is 9.55 Å². The third-order valence-electron chi connectivity index (χ3n) is 4.16. The minimum atomic E-state index is -4.52. The summed E-state index contributed by atoms with van der Waals surface area (Å²) >= 11 is 5.89. The highest BCUT2D eigenvalue weighted by atomic mass is 35.5. The summed E-state index contributed by atoms with van der Waals surface area (Å²) in [5, 5.41) is 9.14. The standard InChI is InChI=1S/C19H18ClF3N2O/c1-3-18-24-16-9-14(19(21,22)23)15(20)10-17(16)25(18)13-6-4-12(5-7-13)8-11(2)26/h4-7,9-11,26H,3,8H2,1-2H3. The van der Waals surface area contributed by atoms with Crippen LogP contribution in [0.3, 0.4) is 0 Å². The zero-order chi connectivity index (χ0) is 19.1. The first-order valence-corrected chi connectivity index (χ1v) is 8.64. The summed E-state index contributed by atoms with van der Waals surface area (Å²) in [4.78, 5) is 4.36. The van der Waals surface area contributed by atoms with E-state index >= 15 is 0 Å². The quantitative estimate of drug-likeness (QED) is 0.674. The van der Waals surface area contributed by atoms with Gasteiger partial charge in [-0.1, -0.05) is 30.7 Å². The van der Waals surface area contributed by atoms with Gasteiger partial charge in [-0.25, -0.2) is 4.98 Å². The minimum Gasteiger partial charge on any atom is -0.393 e. The molecule has 3 aromatic rings. The molecule has 0 saturated carbocycles. The maximum Gasteiger partial charge on any atom is 0.417 e. The van der Waals surface area contributed by atoms with E-state index in [0.717, 1.165) is 17.3 Å². The molecule has 0 aliphatic rings. The summed E-state index contributed by atoms with van der Waals surface area (Å²) in [7, 11) is 0. The second kappa shape index (κ2) is 6.93. The van der Waals surface area contributed by atoms with Crippen molar-refractivity contribution >= 4 is 22.6 Å². The number of nitrogens with zero attached hydrogens (tertiary/aromatic N) is 2. The smallest absolute Gasteiger partial charge is 0.393 e. The molecule has 26 heavy (non-hydrogen) atoms. The van der Waals surface area contributed by atoms with Crippen LogP contribution in [0.25, 0.3) is 16.7 Å². The number of alkyl halides is 3. The second-order valence-electron chi connectivity index (χ2n) is 6.26. The van der Waals surface area contributed by atoms with Gasteiger partial charge < -0.3 is 5.11 Å². The first kappa shape index (κ1) is 18.7. The number of aliphatic hydroxyl groups is 1. The highest BCUT2D eigenvalue weighted by Gasteiger charge is 2.34. The first-order chi connectivity index (χ1) is 12.2. The van der Waals surface area contributed by atoms with Crippen LogP contribution >= 0.6 is 11.6 Å². The number of rotatable bonds is 4. The van der Waals surface area contributed by atoms with Gasteiger partial charge in [-0.15, -0.1) is 0 Å². The Labute approximate surface area is 154 Å². The average molecular weight is 383 g/mol. The van der Waals surface area contributed by atoms with Crippen molar-refractivity contribution in [3.05, 3.63) is 58.4 Å². The number of fused-ring (bicyclic) bond motifs is 1. The van der Waals surface area contributed by atoms with Crippen LogP contribution in [0.2, 0.25) is 5.02 Å². The van der Waals surface area contributed by atoms with Crippen LogP contribution < -0.4 is 0 Å². The summed E-state index contributed by atoms with van der Waals surface area (Å²) in [6.07, 6.45) is -3.87. The molecule has 138 valence electrons. The maximum atomic E-state index is 13.1. The van der Waals surface area contributed by atoms with Crippen molar-refractivity contribution in [2.45, 2.75) is 39.0 Å². The molecule has 0 spiro atoms.